The number of nitrogens with zero attached hydrogens (tertiary/aromatic N) is 1. The molecule has 0 saturated heterocycles. The maximum absolute atomic E-state index is 11.9. The minimum atomic E-state index is -0.864. The van der Waals surface area contributed by atoms with Crippen molar-refractivity contribution in [3.8, 4) is 5.75 Å². The van der Waals surface area contributed by atoms with Crippen molar-refractivity contribution in [2.75, 3.05) is 17.2 Å². The Morgan fingerprint density at radius 1 is 1.48 bits per heavy atom. The van der Waals surface area contributed by atoms with E-state index in [1.54, 1.807) is 4.90 Å². The van der Waals surface area contributed by atoms with Crippen molar-refractivity contribution in [2.45, 2.75) is 31.8 Å². The largest absolute Gasteiger partial charge is 0.486 e. The molecule has 1 unspecified atom stereocenters. The van der Waals surface area contributed by atoms with Crippen LogP contribution in [0.1, 0.15) is 20.8 Å². The van der Waals surface area contributed by atoms with Crippen LogP contribution < -0.4 is 9.64 Å². The predicted octanol–water partition coefficient (Wildman–Crippen LogP) is 2.63. The van der Waals surface area contributed by atoms with E-state index in [-0.39, 0.29) is 17.8 Å². The molecule has 1 amide bonds. The first kappa shape index (κ1) is 15.7. The molecule has 1 heterocycles. The zero-order valence-electron chi connectivity index (χ0n) is 12.3. The van der Waals surface area contributed by atoms with Gasteiger partial charge in [-0.05, 0) is 24.1 Å². The average molecular weight is 309 g/mol. The summed E-state index contributed by atoms with van der Waals surface area (Å²) in [6, 6.07) is 5.46. The Morgan fingerprint density at radius 3 is 2.76 bits per heavy atom. The van der Waals surface area contributed by atoms with Crippen molar-refractivity contribution in [3.05, 3.63) is 18.2 Å². The first-order valence-electron chi connectivity index (χ1n) is 6.82. The molecule has 5 nitrogen and oxygen atoms in total. The lowest BCUT2D eigenvalue weighted by Crippen LogP contribution is -2.44. The van der Waals surface area contributed by atoms with Gasteiger partial charge < -0.3 is 14.7 Å². The standard InChI is InChI=1S/C15H19NO4S/c1-9(2)14-7-16(10(3)17)12-6-11(21-8-15(18)19)4-5-13(12)20-14/h4-6,9,14H,7-8H2,1-3H3,(H,18,19). The molecular weight excluding hydrogens is 290 g/mol. The third-order valence-electron chi connectivity index (χ3n) is 3.35. The number of anilines is 1. The number of aliphatic carboxylic acids is 1. The van der Waals surface area contributed by atoms with Crippen LogP contribution >= 0.6 is 11.8 Å². The average Bonchev–Trinajstić information content (AvgIpc) is 2.43. The zero-order chi connectivity index (χ0) is 15.6. The van der Waals surface area contributed by atoms with Gasteiger partial charge in [-0.25, -0.2) is 0 Å². The molecule has 114 valence electrons. The number of amides is 1. The van der Waals surface area contributed by atoms with Crippen LogP contribution in [0.5, 0.6) is 5.75 Å². The lowest BCUT2D eigenvalue weighted by molar-refractivity contribution is -0.133. The van der Waals surface area contributed by atoms with Gasteiger partial charge >= 0.3 is 5.97 Å². The number of thioether (sulfide) groups is 1. The van der Waals surface area contributed by atoms with Crippen LogP contribution in [0.15, 0.2) is 23.1 Å². The van der Waals surface area contributed by atoms with Crippen LogP contribution in [0.3, 0.4) is 0 Å². The molecular formula is C15H19NO4S. The van der Waals surface area contributed by atoms with E-state index in [1.807, 2.05) is 18.2 Å². The molecule has 0 spiro atoms. The first-order valence-corrected chi connectivity index (χ1v) is 7.80. The quantitative estimate of drug-likeness (QED) is 0.866. The molecule has 1 aliphatic rings. The number of carbonyl (C=O) groups is 2. The van der Waals surface area contributed by atoms with E-state index in [9.17, 15) is 9.59 Å². The highest BCUT2D eigenvalue weighted by Crippen LogP contribution is 2.38. The van der Waals surface area contributed by atoms with Crippen molar-refractivity contribution in [2.24, 2.45) is 5.92 Å². The molecule has 21 heavy (non-hydrogen) atoms. The van der Waals surface area contributed by atoms with Gasteiger partial charge in [-0.15, -0.1) is 11.8 Å². The van der Waals surface area contributed by atoms with Gasteiger partial charge in [0, 0.05) is 11.8 Å². The molecule has 1 atom stereocenters. The molecule has 6 heteroatoms. The fourth-order valence-corrected chi connectivity index (χ4v) is 2.82. The normalized spacial score (nSPS) is 17.3. The SMILES string of the molecule is CC(=O)N1CC(C(C)C)Oc2ccc(SCC(=O)O)cc21. The molecule has 0 saturated carbocycles. The summed E-state index contributed by atoms with van der Waals surface area (Å²) in [5, 5.41) is 8.74. The Kier molecular flexibility index (Phi) is 4.77. The Hall–Kier alpha value is -1.69. The number of carbonyl (C=O) groups excluding carboxylic acids is 1. The summed E-state index contributed by atoms with van der Waals surface area (Å²) in [4.78, 5) is 25.0. The molecule has 1 aliphatic heterocycles. The molecule has 0 bridgehead atoms. The summed E-state index contributed by atoms with van der Waals surface area (Å²) >= 11 is 1.23. The van der Waals surface area contributed by atoms with E-state index in [4.69, 9.17) is 9.84 Å². The molecule has 2 rings (SSSR count). The third-order valence-corrected chi connectivity index (χ3v) is 4.33. The minimum absolute atomic E-state index is 0.00562. The topological polar surface area (TPSA) is 66.8 Å². The van der Waals surface area contributed by atoms with Crippen molar-refractivity contribution in [3.63, 3.8) is 0 Å². The van der Waals surface area contributed by atoms with E-state index in [1.165, 1.54) is 18.7 Å². The molecule has 1 N–H and O–H groups in total. The van der Waals surface area contributed by atoms with Crippen molar-refractivity contribution >= 4 is 29.3 Å². The smallest absolute Gasteiger partial charge is 0.313 e. The summed E-state index contributed by atoms with van der Waals surface area (Å²) in [6.07, 6.45) is -0.0288. The summed E-state index contributed by atoms with van der Waals surface area (Å²) < 4.78 is 5.93. The van der Waals surface area contributed by atoms with Gasteiger partial charge in [-0.3, -0.25) is 9.59 Å². The van der Waals surface area contributed by atoms with E-state index in [0.717, 1.165) is 10.6 Å². The van der Waals surface area contributed by atoms with Crippen LogP contribution in [0.2, 0.25) is 0 Å². The van der Waals surface area contributed by atoms with E-state index in [0.29, 0.717) is 18.2 Å². The summed E-state index contributed by atoms with van der Waals surface area (Å²) in [6.45, 7) is 6.17. The minimum Gasteiger partial charge on any atom is -0.486 e. The number of carboxylic acid groups (broad SMARTS) is 1. The number of benzene rings is 1. The zero-order valence-corrected chi connectivity index (χ0v) is 13.1. The van der Waals surface area contributed by atoms with Crippen LogP contribution in [0.4, 0.5) is 5.69 Å². The maximum Gasteiger partial charge on any atom is 0.313 e. The van der Waals surface area contributed by atoms with E-state index in [2.05, 4.69) is 13.8 Å². The molecule has 0 radical (unpaired) electrons. The highest BCUT2D eigenvalue weighted by Gasteiger charge is 2.30. The first-order chi connectivity index (χ1) is 9.88. The van der Waals surface area contributed by atoms with Gasteiger partial charge in [0.15, 0.2) is 0 Å². The number of rotatable bonds is 4. The second-order valence-electron chi connectivity index (χ2n) is 5.34. The van der Waals surface area contributed by atoms with Gasteiger partial charge in [0.1, 0.15) is 11.9 Å². The van der Waals surface area contributed by atoms with Crippen LogP contribution in [0, 0.1) is 5.92 Å². The van der Waals surface area contributed by atoms with Gasteiger partial charge in [0.25, 0.3) is 0 Å². The van der Waals surface area contributed by atoms with Crippen molar-refractivity contribution in [1.82, 2.24) is 0 Å². The summed E-state index contributed by atoms with van der Waals surface area (Å²) in [5.41, 5.74) is 0.717. The summed E-state index contributed by atoms with van der Waals surface area (Å²) in [5.74, 6) is 0.0765. The van der Waals surface area contributed by atoms with Gasteiger partial charge in [0.05, 0.1) is 18.0 Å². The van der Waals surface area contributed by atoms with E-state index < -0.39 is 5.97 Å². The number of ether oxygens (including phenoxy) is 1. The second-order valence-corrected chi connectivity index (χ2v) is 6.39. The van der Waals surface area contributed by atoms with Crippen molar-refractivity contribution in [1.29, 1.82) is 0 Å². The second kappa shape index (κ2) is 6.39. The highest BCUT2D eigenvalue weighted by molar-refractivity contribution is 8.00. The number of fused-ring (bicyclic) bond motifs is 1. The Balaban J connectivity index is 2.29. The Morgan fingerprint density at radius 2 is 2.19 bits per heavy atom. The highest BCUT2D eigenvalue weighted by atomic mass is 32.2. The Bertz CT molecular complexity index is 559. The van der Waals surface area contributed by atoms with E-state index >= 15 is 0 Å². The number of carboxylic acids is 1. The van der Waals surface area contributed by atoms with Gasteiger partial charge in [-0.1, -0.05) is 13.8 Å². The molecule has 1 aromatic rings. The molecule has 0 fully saturated rings. The van der Waals surface area contributed by atoms with Gasteiger partial charge in [0.2, 0.25) is 5.91 Å². The van der Waals surface area contributed by atoms with Gasteiger partial charge in [-0.2, -0.15) is 0 Å². The fraction of sp³-hybridized carbons (Fsp3) is 0.467. The maximum atomic E-state index is 11.9. The van der Waals surface area contributed by atoms with Crippen molar-refractivity contribution < 1.29 is 19.4 Å². The number of hydrogen-bond acceptors (Lipinski definition) is 4. The molecule has 1 aromatic carbocycles. The summed E-state index contributed by atoms with van der Waals surface area (Å²) in [7, 11) is 0. The number of hydrogen-bond donors (Lipinski definition) is 1. The van der Waals surface area contributed by atoms with Crippen LogP contribution in [0.25, 0.3) is 0 Å². The lowest BCUT2D eigenvalue weighted by Gasteiger charge is -2.36. The van der Waals surface area contributed by atoms with Crippen LogP contribution in [-0.2, 0) is 9.59 Å². The van der Waals surface area contributed by atoms with Crippen LogP contribution in [-0.4, -0.2) is 35.4 Å². The predicted molar refractivity (Wildman–Crippen MR) is 82.1 cm³/mol. The lowest BCUT2D eigenvalue weighted by atomic mass is 10.0. The third kappa shape index (κ3) is 3.69. The Labute approximate surface area is 128 Å². The molecule has 0 aliphatic carbocycles. The molecule has 0 aromatic heterocycles. The monoisotopic (exact) mass is 309 g/mol. The fourth-order valence-electron chi connectivity index (χ4n) is 2.17.